The average molecular weight is 289 g/mol. The Hall–Kier alpha value is -1.84. The van der Waals surface area contributed by atoms with Crippen molar-refractivity contribution in [1.82, 2.24) is 0 Å². The Morgan fingerprint density at radius 3 is 2.52 bits per heavy atom. The number of ether oxygens (including phenoxy) is 1. The van der Waals surface area contributed by atoms with Crippen molar-refractivity contribution in [3.8, 4) is 0 Å². The quantitative estimate of drug-likeness (QED) is 0.798. The van der Waals surface area contributed by atoms with Crippen LogP contribution in [0.25, 0.3) is 0 Å². The summed E-state index contributed by atoms with van der Waals surface area (Å²) in [6.45, 7) is 0. The Kier molecular flexibility index (Phi) is 5.37. The molecule has 1 saturated carbocycles. The number of amides is 1. The van der Waals surface area contributed by atoms with Crippen LogP contribution in [-0.4, -0.2) is 26.0 Å². The number of carbonyl (C=O) groups excluding carboxylic acids is 2. The Morgan fingerprint density at radius 1 is 1.19 bits per heavy atom. The molecular formula is C17H23NO3. The molecule has 0 heterocycles. The number of hydrogen-bond acceptors (Lipinski definition) is 3. The maximum atomic E-state index is 12.4. The average Bonchev–Trinajstić information content (AvgIpc) is 2.54. The standard InChI is InChI=1S/C17H23NO3/c1-18(16(19)12-13-8-4-3-5-9-13)15-11-7-6-10-14(15)17(20)21-2/h6-7,10-11,13H,3-5,8-9,12H2,1-2H3. The number of carbonyl (C=O) groups is 2. The molecule has 0 radical (unpaired) electrons. The highest BCUT2D eigenvalue weighted by molar-refractivity contribution is 6.02. The molecule has 0 aromatic heterocycles. The maximum absolute atomic E-state index is 12.4. The summed E-state index contributed by atoms with van der Waals surface area (Å²) >= 11 is 0. The molecule has 1 aliphatic carbocycles. The van der Waals surface area contributed by atoms with Crippen LogP contribution in [0.1, 0.15) is 48.9 Å². The van der Waals surface area contributed by atoms with Crippen molar-refractivity contribution < 1.29 is 14.3 Å². The van der Waals surface area contributed by atoms with E-state index in [0.29, 0.717) is 23.6 Å². The van der Waals surface area contributed by atoms with Gasteiger partial charge in [-0.1, -0.05) is 31.4 Å². The van der Waals surface area contributed by atoms with Gasteiger partial charge in [0.2, 0.25) is 5.91 Å². The Morgan fingerprint density at radius 2 is 1.86 bits per heavy atom. The molecule has 0 atom stereocenters. The second-order valence-corrected chi connectivity index (χ2v) is 5.67. The van der Waals surface area contributed by atoms with Crippen LogP contribution < -0.4 is 4.90 Å². The zero-order valence-corrected chi connectivity index (χ0v) is 12.8. The van der Waals surface area contributed by atoms with Crippen molar-refractivity contribution in [3.63, 3.8) is 0 Å². The van der Waals surface area contributed by atoms with E-state index in [2.05, 4.69) is 0 Å². The van der Waals surface area contributed by atoms with Gasteiger partial charge in [0.15, 0.2) is 0 Å². The van der Waals surface area contributed by atoms with Crippen LogP contribution in [0.3, 0.4) is 0 Å². The minimum Gasteiger partial charge on any atom is -0.465 e. The first-order chi connectivity index (χ1) is 10.1. The number of esters is 1. The first kappa shape index (κ1) is 15.5. The smallest absolute Gasteiger partial charge is 0.339 e. The minimum atomic E-state index is -0.414. The van der Waals surface area contributed by atoms with Crippen molar-refractivity contribution in [2.45, 2.75) is 38.5 Å². The van der Waals surface area contributed by atoms with Crippen LogP contribution in [0.4, 0.5) is 5.69 Å². The summed E-state index contributed by atoms with van der Waals surface area (Å²) in [6, 6.07) is 7.07. The van der Waals surface area contributed by atoms with Crippen LogP contribution in [0.5, 0.6) is 0 Å². The second kappa shape index (κ2) is 7.25. The molecule has 1 amide bonds. The molecule has 0 unspecified atom stereocenters. The van der Waals surface area contributed by atoms with E-state index in [1.165, 1.54) is 26.4 Å². The molecule has 0 aliphatic heterocycles. The molecule has 0 bridgehead atoms. The topological polar surface area (TPSA) is 46.6 Å². The molecule has 1 fully saturated rings. The highest BCUT2D eigenvalue weighted by atomic mass is 16.5. The van der Waals surface area contributed by atoms with Crippen LogP contribution >= 0.6 is 0 Å². The summed E-state index contributed by atoms with van der Waals surface area (Å²) in [5, 5.41) is 0. The van der Waals surface area contributed by atoms with E-state index in [4.69, 9.17) is 4.74 Å². The van der Waals surface area contributed by atoms with E-state index in [9.17, 15) is 9.59 Å². The van der Waals surface area contributed by atoms with Crippen LogP contribution in [0, 0.1) is 5.92 Å². The zero-order chi connectivity index (χ0) is 15.2. The molecular weight excluding hydrogens is 266 g/mol. The lowest BCUT2D eigenvalue weighted by Crippen LogP contribution is -2.30. The van der Waals surface area contributed by atoms with E-state index >= 15 is 0 Å². The van der Waals surface area contributed by atoms with Gasteiger partial charge in [-0.25, -0.2) is 4.79 Å². The van der Waals surface area contributed by atoms with Crippen molar-refractivity contribution in [3.05, 3.63) is 29.8 Å². The van der Waals surface area contributed by atoms with Crippen molar-refractivity contribution in [2.75, 3.05) is 19.1 Å². The third-order valence-corrected chi connectivity index (χ3v) is 4.23. The molecule has 2 rings (SSSR count). The van der Waals surface area contributed by atoms with Gasteiger partial charge in [0.05, 0.1) is 18.4 Å². The Bertz CT molecular complexity index is 507. The van der Waals surface area contributed by atoms with Gasteiger partial charge in [-0.05, 0) is 30.9 Å². The fourth-order valence-electron chi connectivity index (χ4n) is 2.96. The Balaban J connectivity index is 2.09. The number of hydrogen-bond donors (Lipinski definition) is 0. The molecule has 21 heavy (non-hydrogen) atoms. The van der Waals surface area contributed by atoms with Gasteiger partial charge in [-0.3, -0.25) is 4.79 Å². The molecule has 4 nitrogen and oxygen atoms in total. The summed E-state index contributed by atoms with van der Waals surface area (Å²) < 4.78 is 4.78. The summed E-state index contributed by atoms with van der Waals surface area (Å²) in [6.07, 6.45) is 6.56. The van der Waals surface area contributed by atoms with Gasteiger partial charge in [-0.15, -0.1) is 0 Å². The monoisotopic (exact) mass is 289 g/mol. The number of nitrogens with zero attached hydrogens (tertiary/aromatic N) is 1. The molecule has 114 valence electrons. The summed E-state index contributed by atoms with van der Waals surface area (Å²) in [5.74, 6) is 0.139. The number of benzene rings is 1. The molecule has 1 aromatic carbocycles. The van der Waals surface area contributed by atoms with Crippen molar-refractivity contribution in [1.29, 1.82) is 0 Å². The van der Waals surface area contributed by atoms with E-state index in [1.807, 2.05) is 6.07 Å². The normalized spacial score (nSPS) is 15.5. The molecule has 0 saturated heterocycles. The fourth-order valence-corrected chi connectivity index (χ4v) is 2.96. The first-order valence-corrected chi connectivity index (χ1v) is 7.57. The summed E-state index contributed by atoms with van der Waals surface area (Å²) in [5.41, 5.74) is 1.05. The summed E-state index contributed by atoms with van der Waals surface area (Å²) in [7, 11) is 3.08. The van der Waals surface area contributed by atoms with E-state index in [0.717, 1.165) is 12.8 Å². The molecule has 1 aromatic rings. The SMILES string of the molecule is COC(=O)c1ccccc1N(C)C(=O)CC1CCCCC1. The predicted molar refractivity (Wildman–Crippen MR) is 82.4 cm³/mol. The highest BCUT2D eigenvalue weighted by Crippen LogP contribution is 2.28. The minimum absolute atomic E-state index is 0.0678. The van der Waals surface area contributed by atoms with Gasteiger partial charge in [0.1, 0.15) is 0 Å². The van der Waals surface area contributed by atoms with E-state index in [-0.39, 0.29) is 5.91 Å². The van der Waals surface area contributed by atoms with Gasteiger partial charge < -0.3 is 9.64 Å². The lowest BCUT2D eigenvalue weighted by Gasteiger charge is -2.25. The molecule has 0 N–H and O–H groups in total. The van der Waals surface area contributed by atoms with E-state index in [1.54, 1.807) is 30.1 Å². The lowest BCUT2D eigenvalue weighted by molar-refractivity contribution is -0.119. The third-order valence-electron chi connectivity index (χ3n) is 4.23. The van der Waals surface area contributed by atoms with Gasteiger partial charge in [0.25, 0.3) is 0 Å². The van der Waals surface area contributed by atoms with Gasteiger partial charge >= 0.3 is 5.97 Å². The van der Waals surface area contributed by atoms with Crippen molar-refractivity contribution >= 4 is 17.6 Å². The van der Waals surface area contributed by atoms with E-state index < -0.39 is 5.97 Å². The molecule has 4 heteroatoms. The molecule has 1 aliphatic rings. The molecule has 0 spiro atoms. The maximum Gasteiger partial charge on any atom is 0.339 e. The number of para-hydroxylation sites is 1. The van der Waals surface area contributed by atoms with Crippen LogP contribution in [0.15, 0.2) is 24.3 Å². The van der Waals surface area contributed by atoms with Crippen molar-refractivity contribution in [2.24, 2.45) is 5.92 Å². The number of anilines is 1. The number of methoxy groups -OCH3 is 1. The largest absolute Gasteiger partial charge is 0.465 e. The fraction of sp³-hybridized carbons (Fsp3) is 0.529. The highest BCUT2D eigenvalue weighted by Gasteiger charge is 2.22. The second-order valence-electron chi connectivity index (χ2n) is 5.67. The van der Waals surface area contributed by atoms with Crippen LogP contribution in [-0.2, 0) is 9.53 Å². The summed E-state index contributed by atoms with van der Waals surface area (Å²) in [4.78, 5) is 25.8. The zero-order valence-electron chi connectivity index (χ0n) is 12.8. The predicted octanol–water partition coefficient (Wildman–Crippen LogP) is 3.41. The Labute approximate surface area is 126 Å². The van der Waals surface area contributed by atoms with Crippen LogP contribution in [0.2, 0.25) is 0 Å². The first-order valence-electron chi connectivity index (χ1n) is 7.57. The van der Waals surface area contributed by atoms with Gasteiger partial charge in [-0.2, -0.15) is 0 Å². The lowest BCUT2D eigenvalue weighted by atomic mass is 9.86. The third kappa shape index (κ3) is 3.84. The van der Waals surface area contributed by atoms with Gasteiger partial charge in [0, 0.05) is 13.5 Å². The number of rotatable bonds is 4.